The molecule has 0 N–H and O–H groups in total. The van der Waals surface area contributed by atoms with Gasteiger partial charge in [0.05, 0.1) is 12.4 Å². The second-order valence-corrected chi connectivity index (χ2v) is 2.62. The number of hydrogen-bond donors (Lipinski definition) is 0. The minimum atomic E-state index is -1.19. The summed E-state index contributed by atoms with van der Waals surface area (Å²) in [6.45, 7) is 0. The van der Waals surface area contributed by atoms with Gasteiger partial charge in [0.15, 0.2) is 5.58 Å². The van der Waals surface area contributed by atoms with Gasteiger partial charge in [0, 0.05) is 0 Å². The molecular weight excluding hydrogens is 170 g/mol. The van der Waals surface area contributed by atoms with E-state index in [0.717, 1.165) is 0 Å². The molecule has 0 bridgehead atoms. The number of fused-ring (bicyclic) bond motifs is 1. The maximum absolute atomic E-state index is 10.2. The van der Waals surface area contributed by atoms with E-state index in [1.807, 2.05) is 6.07 Å². The molecule has 1 aromatic heterocycles. The third-order valence-corrected chi connectivity index (χ3v) is 1.63. The van der Waals surface area contributed by atoms with E-state index in [0.29, 0.717) is 11.1 Å². The summed E-state index contributed by atoms with van der Waals surface area (Å²) in [7, 11) is 0. The summed E-state index contributed by atoms with van der Waals surface area (Å²) in [5.74, 6) is -1.01. The number of aliphatic carboxylic acids is 1. The standard InChI is InChI=1S/C9H7NO3/c11-9(12)5-8-10-6-3-1-2-4-7(6)13-8/h1-4H,5H2,(H,11,12)/p-1. The van der Waals surface area contributed by atoms with Crippen molar-refractivity contribution in [2.45, 2.75) is 6.42 Å². The first kappa shape index (κ1) is 7.79. The maximum atomic E-state index is 10.2. The summed E-state index contributed by atoms with van der Waals surface area (Å²) in [5, 5.41) is 10.2. The van der Waals surface area contributed by atoms with E-state index in [1.54, 1.807) is 18.2 Å². The summed E-state index contributed by atoms with van der Waals surface area (Å²) in [6, 6.07) is 7.11. The largest absolute Gasteiger partial charge is 0.550 e. The van der Waals surface area contributed by atoms with Crippen LogP contribution in [0, 0.1) is 0 Å². The van der Waals surface area contributed by atoms with Crippen molar-refractivity contribution in [2.24, 2.45) is 0 Å². The fraction of sp³-hybridized carbons (Fsp3) is 0.111. The van der Waals surface area contributed by atoms with Crippen LogP contribution in [0.5, 0.6) is 0 Å². The van der Waals surface area contributed by atoms with Gasteiger partial charge in [0.1, 0.15) is 5.52 Å². The zero-order chi connectivity index (χ0) is 9.26. The van der Waals surface area contributed by atoms with E-state index >= 15 is 0 Å². The number of oxazole rings is 1. The number of nitrogens with zero attached hydrogens (tertiary/aromatic N) is 1. The smallest absolute Gasteiger partial charge is 0.201 e. The van der Waals surface area contributed by atoms with E-state index in [2.05, 4.69) is 4.98 Å². The molecule has 0 atom stereocenters. The van der Waals surface area contributed by atoms with Crippen molar-refractivity contribution in [1.82, 2.24) is 4.98 Å². The van der Waals surface area contributed by atoms with E-state index in [1.165, 1.54) is 0 Å². The fourth-order valence-corrected chi connectivity index (χ4v) is 1.12. The SMILES string of the molecule is O=C([O-])Cc1nc2ccccc2o1. The highest BCUT2D eigenvalue weighted by molar-refractivity contribution is 5.73. The van der Waals surface area contributed by atoms with Crippen molar-refractivity contribution in [3.63, 3.8) is 0 Å². The number of carbonyl (C=O) groups is 1. The molecule has 0 aliphatic carbocycles. The Labute approximate surface area is 73.8 Å². The fourth-order valence-electron chi connectivity index (χ4n) is 1.12. The molecule has 13 heavy (non-hydrogen) atoms. The number of carboxylic acids is 1. The Morgan fingerprint density at radius 1 is 1.46 bits per heavy atom. The van der Waals surface area contributed by atoms with Crippen LogP contribution < -0.4 is 5.11 Å². The molecule has 2 aromatic rings. The molecule has 66 valence electrons. The van der Waals surface area contributed by atoms with Crippen LogP contribution in [-0.2, 0) is 11.2 Å². The molecule has 0 aliphatic rings. The van der Waals surface area contributed by atoms with E-state index in [-0.39, 0.29) is 12.3 Å². The minimum absolute atomic E-state index is 0.182. The van der Waals surface area contributed by atoms with Crippen molar-refractivity contribution in [2.75, 3.05) is 0 Å². The summed E-state index contributed by atoms with van der Waals surface area (Å²) in [5.41, 5.74) is 1.26. The van der Waals surface area contributed by atoms with Crippen molar-refractivity contribution < 1.29 is 14.3 Å². The van der Waals surface area contributed by atoms with Crippen molar-refractivity contribution in [1.29, 1.82) is 0 Å². The number of carboxylic acid groups (broad SMARTS) is 1. The number of carbonyl (C=O) groups excluding carboxylic acids is 1. The molecule has 0 aliphatic heterocycles. The monoisotopic (exact) mass is 176 g/mol. The molecule has 4 nitrogen and oxygen atoms in total. The van der Waals surface area contributed by atoms with Crippen LogP contribution in [0.1, 0.15) is 5.89 Å². The molecule has 0 unspecified atom stereocenters. The number of rotatable bonds is 2. The molecule has 2 rings (SSSR count). The Kier molecular flexibility index (Phi) is 1.73. The lowest BCUT2D eigenvalue weighted by atomic mass is 10.3. The normalized spacial score (nSPS) is 10.5. The molecule has 1 heterocycles. The van der Waals surface area contributed by atoms with Gasteiger partial charge in [-0.15, -0.1) is 0 Å². The first-order chi connectivity index (χ1) is 6.25. The van der Waals surface area contributed by atoms with Crippen LogP contribution in [0.3, 0.4) is 0 Å². The molecule has 1 aromatic carbocycles. The highest BCUT2D eigenvalue weighted by Gasteiger charge is 2.03. The van der Waals surface area contributed by atoms with Crippen molar-refractivity contribution >= 4 is 17.1 Å². The maximum Gasteiger partial charge on any atom is 0.201 e. The van der Waals surface area contributed by atoms with Gasteiger partial charge in [-0.3, -0.25) is 0 Å². The Morgan fingerprint density at radius 3 is 2.92 bits per heavy atom. The topological polar surface area (TPSA) is 66.2 Å². The highest BCUT2D eigenvalue weighted by Crippen LogP contribution is 2.14. The number of aromatic nitrogens is 1. The molecule has 0 fully saturated rings. The lowest BCUT2D eigenvalue weighted by Gasteiger charge is -1.93. The van der Waals surface area contributed by atoms with E-state index in [9.17, 15) is 9.90 Å². The second kappa shape index (κ2) is 2.90. The lowest BCUT2D eigenvalue weighted by molar-refractivity contribution is -0.305. The van der Waals surface area contributed by atoms with Crippen LogP contribution in [0.2, 0.25) is 0 Å². The zero-order valence-electron chi connectivity index (χ0n) is 6.69. The van der Waals surface area contributed by atoms with Gasteiger partial charge < -0.3 is 14.3 Å². The van der Waals surface area contributed by atoms with E-state index in [4.69, 9.17) is 4.42 Å². The molecule has 0 saturated heterocycles. The molecule has 0 saturated carbocycles. The number of benzene rings is 1. The van der Waals surface area contributed by atoms with Crippen LogP contribution in [0.15, 0.2) is 28.7 Å². The van der Waals surface area contributed by atoms with Crippen LogP contribution in [0.25, 0.3) is 11.1 Å². The van der Waals surface area contributed by atoms with Crippen LogP contribution in [-0.4, -0.2) is 11.0 Å². The first-order valence-corrected chi connectivity index (χ1v) is 3.80. The molecule has 0 amide bonds. The Balaban J connectivity index is 2.44. The van der Waals surface area contributed by atoms with Crippen LogP contribution >= 0.6 is 0 Å². The first-order valence-electron chi connectivity index (χ1n) is 3.80. The predicted octanol–water partition coefficient (Wildman–Crippen LogP) is 0.120. The quantitative estimate of drug-likeness (QED) is 0.651. The van der Waals surface area contributed by atoms with Gasteiger partial charge in [-0.2, -0.15) is 0 Å². The van der Waals surface area contributed by atoms with Crippen molar-refractivity contribution in [3.8, 4) is 0 Å². The third-order valence-electron chi connectivity index (χ3n) is 1.63. The lowest BCUT2D eigenvalue weighted by Crippen LogP contribution is -2.24. The van der Waals surface area contributed by atoms with Gasteiger partial charge in [-0.1, -0.05) is 12.1 Å². The van der Waals surface area contributed by atoms with Crippen molar-refractivity contribution in [3.05, 3.63) is 30.2 Å². The molecule has 0 radical (unpaired) electrons. The Hall–Kier alpha value is -1.84. The Morgan fingerprint density at radius 2 is 2.23 bits per heavy atom. The average molecular weight is 176 g/mol. The van der Waals surface area contributed by atoms with Gasteiger partial charge in [-0.05, 0) is 12.1 Å². The minimum Gasteiger partial charge on any atom is -0.550 e. The van der Waals surface area contributed by atoms with Gasteiger partial charge in [0.2, 0.25) is 5.89 Å². The summed E-state index contributed by atoms with van der Waals surface area (Å²) >= 11 is 0. The summed E-state index contributed by atoms with van der Waals surface area (Å²) in [4.78, 5) is 14.2. The van der Waals surface area contributed by atoms with Gasteiger partial charge >= 0.3 is 0 Å². The highest BCUT2D eigenvalue weighted by atomic mass is 16.4. The van der Waals surface area contributed by atoms with Crippen LogP contribution in [0.4, 0.5) is 0 Å². The second-order valence-electron chi connectivity index (χ2n) is 2.62. The summed E-state index contributed by atoms with van der Waals surface area (Å²) < 4.78 is 5.15. The Bertz CT molecular complexity index is 414. The molecular formula is C9H6NO3-. The average Bonchev–Trinajstić information content (AvgIpc) is 2.44. The predicted molar refractivity (Wildman–Crippen MR) is 42.7 cm³/mol. The molecule has 4 heteroatoms. The third kappa shape index (κ3) is 1.51. The number of para-hydroxylation sites is 2. The zero-order valence-corrected chi connectivity index (χ0v) is 6.69. The molecule has 0 spiro atoms. The van der Waals surface area contributed by atoms with Gasteiger partial charge in [-0.25, -0.2) is 4.98 Å². The van der Waals surface area contributed by atoms with E-state index < -0.39 is 5.97 Å². The van der Waals surface area contributed by atoms with Gasteiger partial charge in [0.25, 0.3) is 0 Å². The summed E-state index contributed by atoms with van der Waals surface area (Å²) in [6.07, 6.45) is -0.283. The number of hydrogen-bond acceptors (Lipinski definition) is 4.